The van der Waals surface area contributed by atoms with Gasteiger partial charge in [0.05, 0.1) is 19.3 Å². The fraction of sp³-hybridized carbons (Fsp3) is 0.286. The van der Waals surface area contributed by atoms with Crippen LogP contribution >= 0.6 is 0 Å². The Balaban J connectivity index is 1.71. The summed E-state index contributed by atoms with van der Waals surface area (Å²) in [6.07, 6.45) is 0.464. The van der Waals surface area contributed by atoms with Crippen molar-refractivity contribution in [2.75, 3.05) is 25.6 Å². The minimum Gasteiger partial charge on any atom is -0.497 e. The second-order valence-corrected chi connectivity index (χ2v) is 6.09. The zero-order valence-corrected chi connectivity index (χ0v) is 16.2. The molecule has 0 aromatic heterocycles. The molecule has 0 unspecified atom stereocenters. The van der Waals surface area contributed by atoms with E-state index in [0.717, 1.165) is 6.07 Å². The van der Waals surface area contributed by atoms with Crippen molar-refractivity contribution in [2.45, 2.75) is 19.8 Å². The van der Waals surface area contributed by atoms with Crippen molar-refractivity contribution in [3.8, 4) is 11.5 Å². The molecule has 0 bridgehead atoms. The number of methoxy groups -OCH3 is 1. The normalized spacial score (nSPS) is 10.2. The van der Waals surface area contributed by atoms with E-state index in [2.05, 4.69) is 5.32 Å². The summed E-state index contributed by atoms with van der Waals surface area (Å²) in [7, 11) is 1.57. The summed E-state index contributed by atoms with van der Waals surface area (Å²) in [4.78, 5) is 34.7. The van der Waals surface area contributed by atoms with Gasteiger partial charge in [0.2, 0.25) is 11.7 Å². The summed E-state index contributed by atoms with van der Waals surface area (Å²) in [6.45, 7) is 1.03. The van der Waals surface area contributed by atoms with Gasteiger partial charge in [-0.05, 0) is 48.9 Å². The maximum absolute atomic E-state index is 14.0. The van der Waals surface area contributed by atoms with E-state index in [4.69, 9.17) is 14.2 Å². The molecule has 0 aliphatic heterocycles. The summed E-state index contributed by atoms with van der Waals surface area (Å²) in [6, 6.07) is 10.7. The lowest BCUT2D eigenvalue weighted by Crippen LogP contribution is -2.16. The van der Waals surface area contributed by atoms with Crippen LogP contribution in [0, 0.1) is 5.82 Å². The van der Waals surface area contributed by atoms with Crippen LogP contribution in [0.15, 0.2) is 42.5 Å². The Bertz CT molecular complexity index is 866. The van der Waals surface area contributed by atoms with Gasteiger partial charge in [0.15, 0.2) is 6.61 Å². The van der Waals surface area contributed by atoms with Gasteiger partial charge in [-0.3, -0.25) is 14.4 Å². The Morgan fingerprint density at radius 2 is 1.72 bits per heavy atom. The number of halogens is 1. The molecule has 0 aliphatic rings. The molecule has 29 heavy (non-hydrogen) atoms. The van der Waals surface area contributed by atoms with Crippen LogP contribution in [-0.4, -0.2) is 38.0 Å². The summed E-state index contributed by atoms with van der Waals surface area (Å²) >= 11 is 0. The van der Waals surface area contributed by atoms with Gasteiger partial charge in [-0.2, -0.15) is 0 Å². The largest absolute Gasteiger partial charge is 0.497 e. The van der Waals surface area contributed by atoms with E-state index in [-0.39, 0.29) is 23.6 Å². The summed E-state index contributed by atoms with van der Waals surface area (Å²) in [5.41, 5.74) is 0.0233. The molecular weight excluding hydrogens is 381 g/mol. The molecular formula is C21H22FNO6. The number of ketones is 1. The zero-order valence-electron chi connectivity index (χ0n) is 16.2. The number of nitrogens with one attached hydrogen (secondary N) is 1. The lowest BCUT2D eigenvalue weighted by Gasteiger charge is -2.08. The standard InChI is InChI=1S/C21H22FNO6/c1-14(24)23-15-5-10-18(19(22)12-15)20(25)13-29-21(26)4-3-11-28-17-8-6-16(27-2)7-9-17/h5-10,12H,3-4,11,13H2,1-2H3,(H,23,24). The Morgan fingerprint density at radius 1 is 1.03 bits per heavy atom. The molecule has 0 radical (unpaired) electrons. The predicted octanol–water partition coefficient (Wildman–Crippen LogP) is 3.38. The molecule has 0 saturated carbocycles. The average Bonchev–Trinajstić information content (AvgIpc) is 2.69. The molecule has 0 aliphatic carbocycles. The summed E-state index contributed by atoms with van der Waals surface area (Å²) in [5, 5.41) is 2.41. The van der Waals surface area contributed by atoms with Gasteiger partial charge in [0, 0.05) is 19.0 Å². The maximum Gasteiger partial charge on any atom is 0.306 e. The molecule has 0 spiro atoms. The molecule has 1 amide bonds. The van der Waals surface area contributed by atoms with Crippen LogP contribution in [0.3, 0.4) is 0 Å². The summed E-state index contributed by atoms with van der Waals surface area (Å²) < 4.78 is 29.4. The van der Waals surface area contributed by atoms with E-state index in [1.54, 1.807) is 31.4 Å². The molecule has 8 heteroatoms. The first kappa shape index (κ1) is 21.9. The molecule has 0 heterocycles. The van der Waals surface area contributed by atoms with Crippen molar-refractivity contribution in [3.05, 3.63) is 53.8 Å². The lowest BCUT2D eigenvalue weighted by molar-refractivity contribution is -0.142. The lowest BCUT2D eigenvalue weighted by atomic mass is 10.1. The van der Waals surface area contributed by atoms with Gasteiger partial charge in [0.1, 0.15) is 17.3 Å². The fourth-order valence-corrected chi connectivity index (χ4v) is 2.40. The van der Waals surface area contributed by atoms with Gasteiger partial charge in [-0.1, -0.05) is 0 Å². The van der Waals surface area contributed by atoms with Crippen molar-refractivity contribution < 1.29 is 33.0 Å². The quantitative estimate of drug-likeness (QED) is 0.372. The zero-order chi connectivity index (χ0) is 21.2. The maximum atomic E-state index is 14.0. The Kier molecular flexibility index (Phi) is 8.14. The molecule has 0 fully saturated rings. The van der Waals surface area contributed by atoms with Crippen LogP contribution in [0.2, 0.25) is 0 Å². The van der Waals surface area contributed by atoms with Crippen molar-refractivity contribution in [2.24, 2.45) is 0 Å². The van der Waals surface area contributed by atoms with Crippen LogP contribution in [0.4, 0.5) is 10.1 Å². The first-order chi connectivity index (χ1) is 13.9. The van der Waals surface area contributed by atoms with Gasteiger partial charge < -0.3 is 19.5 Å². The molecule has 154 valence electrons. The number of esters is 1. The molecule has 2 rings (SSSR count). The van der Waals surface area contributed by atoms with Crippen LogP contribution in [0.25, 0.3) is 0 Å². The second-order valence-electron chi connectivity index (χ2n) is 6.09. The van der Waals surface area contributed by atoms with E-state index < -0.39 is 24.2 Å². The van der Waals surface area contributed by atoms with Crippen LogP contribution in [-0.2, 0) is 14.3 Å². The third-order valence-electron chi connectivity index (χ3n) is 3.81. The Labute approximate surface area is 167 Å². The highest BCUT2D eigenvalue weighted by molar-refractivity contribution is 5.99. The van der Waals surface area contributed by atoms with Crippen LogP contribution in [0.5, 0.6) is 11.5 Å². The minimum atomic E-state index is -0.801. The SMILES string of the molecule is COc1ccc(OCCCC(=O)OCC(=O)c2ccc(NC(C)=O)cc2F)cc1. The minimum absolute atomic E-state index is 0.0629. The topological polar surface area (TPSA) is 90.9 Å². The highest BCUT2D eigenvalue weighted by atomic mass is 19.1. The molecule has 2 aromatic carbocycles. The van der Waals surface area contributed by atoms with Crippen molar-refractivity contribution in [3.63, 3.8) is 0 Å². The van der Waals surface area contributed by atoms with Gasteiger partial charge in [-0.15, -0.1) is 0 Å². The smallest absolute Gasteiger partial charge is 0.306 e. The second kappa shape index (κ2) is 10.8. The van der Waals surface area contributed by atoms with Crippen LogP contribution in [0.1, 0.15) is 30.1 Å². The van der Waals surface area contributed by atoms with Crippen molar-refractivity contribution >= 4 is 23.3 Å². The highest BCUT2D eigenvalue weighted by Crippen LogP contribution is 2.17. The third-order valence-corrected chi connectivity index (χ3v) is 3.81. The first-order valence-electron chi connectivity index (χ1n) is 8.92. The number of hydrogen-bond acceptors (Lipinski definition) is 6. The Hall–Kier alpha value is -3.42. The van der Waals surface area contributed by atoms with Gasteiger partial charge in [0.25, 0.3) is 0 Å². The number of Topliss-reactive ketones (excluding diaryl/α,β-unsaturated/α-hetero) is 1. The molecule has 2 aromatic rings. The molecule has 7 nitrogen and oxygen atoms in total. The van der Waals surface area contributed by atoms with Gasteiger partial charge >= 0.3 is 5.97 Å². The molecule has 0 saturated heterocycles. The summed E-state index contributed by atoms with van der Waals surface area (Å²) in [5.74, 6) is -1.04. The number of benzene rings is 2. The number of carbonyl (C=O) groups is 3. The van der Waals surface area contributed by atoms with E-state index in [1.807, 2.05) is 0 Å². The number of anilines is 1. The van der Waals surface area contributed by atoms with E-state index in [9.17, 15) is 18.8 Å². The molecule has 1 N–H and O–H groups in total. The van der Waals surface area contributed by atoms with Crippen molar-refractivity contribution in [1.29, 1.82) is 0 Å². The average molecular weight is 403 g/mol. The third kappa shape index (κ3) is 7.25. The predicted molar refractivity (Wildman–Crippen MR) is 104 cm³/mol. The Morgan fingerprint density at radius 3 is 2.34 bits per heavy atom. The first-order valence-corrected chi connectivity index (χ1v) is 8.92. The molecule has 0 atom stereocenters. The number of ether oxygens (including phenoxy) is 3. The number of amides is 1. The van der Waals surface area contributed by atoms with Crippen molar-refractivity contribution in [1.82, 2.24) is 0 Å². The van der Waals surface area contributed by atoms with Gasteiger partial charge in [-0.25, -0.2) is 4.39 Å². The number of carbonyl (C=O) groups excluding carboxylic acids is 3. The monoisotopic (exact) mass is 403 g/mol. The highest BCUT2D eigenvalue weighted by Gasteiger charge is 2.15. The van der Waals surface area contributed by atoms with E-state index in [1.165, 1.54) is 19.1 Å². The number of hydrogen-bond donors (Lipinski definition) is 1. The fourth-order valence-electron chi connectivity index (χ4n) is 2.40. The number of rotatable bonds is 10. The van der Waals surface area contributed by atoms with E-state index >= 15 is 0 Å². The van der Waals surface area contributed by atoms with Crippen LogP contribution < -0.4 is 14.8 Å². The van der Waals surface area contributed by atoms with E-state index in [0.29, 0.717) is 24.5 Å².